The molecular weight excluding hydrogens is 396 g/mol. The molecule has 184 valence electrons. The van der Waals surface area contributed by atoms with Gasteiger partial charge >= 0.3 is 0 Å². The summed E-state index contributed by atoms with van der Waals surface area (Å²) >= 11 is 0. The van der Waals surface area contributed by atoms with Gasteiger partial charge in [0.15, 0.2) is 0 Å². The highest BCUT2D eigenvalue weighted by molar-refractivity contribution is 5.28. The summed E-state index contributed by atoms with van der Waals surface area (Å²) in [7, 11) is 0. The smallest absolute Gasteiger partial charge is 0.0758 e. The van der Waals surface area contributed by atoms with Crippen molar-refractivity contribution in [1.29, 1.82) is 0 Å². The maximum absolute atomic E-state index is 11.4. The van der Waals surface area contributed by atoms with Crippen LogP contribution in [0.25, 0.3) is 0 Å². The van der Waals surface area contributed by atoms with Gasteiger partial charge in [0.05, 0.1) is 18.3 Å². The van der Waals surface area contributed by atoms with Crippen molar-refractivity contribution in [2.45, 2.75) is 118 Å². The standard InChI is InChI=1S/C29H50O3/c1-7-19(17(2)3)9-8-18(4)23-16-25(32)27-26-22(11-13-29(23,27)6)28(5)12-10-21(30)14-20(28)15-24(26)31/h15,17-19,21-27,30-32H,7-14,16H2,1-6H3/t18-,19-,21+,22+,23-,24+,25+,26+,27+,28+,29-/m1/s1. The van der Waals surface area contributed by atoms with E-state index in [0.717, 1.165) is 43.9 Å². The Bertz CT molecular complexity index is 701. The molecule has 4 rings (SSSR count). The first-order valence-corrected chi connectivity index (χ1v) is 13.8. The average Bonchev–Trinajstić information content (AvgIpc) is 3.00. The molecule has 3 fully saturated rings. The van der Waals surface area contributed by atoms with Crippen LogP contribution in [0.3, 0.4) is 0 Å². The molecule has 4 aliphatic rings. The highest BCUT2D eigenvalue weighted by Crippen LogP contribution is 2.67. The molecule has 0 bridgehead atoms. The molecule has 0 unspecified atom stereocenters. The minimum Gasteiger partial charge on any atom is -0.393 e. The summed E-state index contributed by atoms with van der Waals surface area (Å²) in [6.07, 6.45) is 10.7. The van der Waals surface area contributed by atoms with E-state index in [2.05, 4.69) is 47.6 Å². The molecule has 32 heavy (non-hydrogen) atoms. The predicted octanol–water partition coefficient (Wildman–Crippen LogP) is 5.97. The van der Waals surface area contributed by atoms with Gasteiger partial charge in [0.2, 0.25) is 0 Å². The number of aliphatic hydroxyl groups is 3. The van der Waals surface area contributed by atoms with Crippen molar-refractivity contribution >= 4 is 0 Å². The minimum atomic E-state index is -0.480. The Morgan fingerprint density at radius 1 is 1.03 bits per heavy atom. The fraction of sp³-hybridized carbons (Fsp3) is 0.931. The van der Waals surface area contributed by atoms with E-state index in [1.807, 2.05) is 0 Å². The second-order valence-corrected chi connectivity index (χ2v) is 13.1. The number of rotatable bonds is 6. The quantitative estimate of drug-likeness (QED) is 0.441. The zero-order valence-corrected chi connectivity index (χ0v) is 21.6. The zero-order chi connectivity index (χ0) is 23.4. The van der Waals surface area contributed by atoms with Crippen LogP contribution < -0.4 is 0 Å². The van der Waals surface area contributed by atoms with Crippen LogP contribution in [0.2, 0.25) is 0 Å². The fourth-order valence-corrected chi connectivity index (χ4v) is 9.30. The topological polar surface area (TPSA) is 60.7 Å². The van der Waals surface area contributed by atoms with E-state index in [-0.39, 0.29) is 34.9 Å². The molecule has 0 spiro atoms. The van der Waals surface area contributed by atoms with Crippen LogP contribution in [-0.4, -0.2) is 33.6 Å². The van der Waals surface area contributed by atoms with Gasteiger partial charge in [-0.25, -0.2) is 0 Å². The van der Waals surface area contributed by atoms with Gasteiger partial charge in [-0.05, 0) is 97.2 Å². The van der Waals surface area contributed by atoms with Crippen LogP contribution in [0.1, 0.15) is 99.3 Å². The monoisotopic (exact) mass is 446 g/mol. The van der Waals surface area contributed by atoms with Gasteiger partial charge in [0.25, 0.3) is 0 Å². The highest BCUT2D eigenvalue weighted by atomic mass is 16.3. The van der Waals surface area contributed by atoms with Crippen molar-refractivity contribution in [1.82, 2.24) is 0 Å². The summed E-state index contributed by atoms with van der Waals surface area (Å²) < 4.78 is 0. The molecule has 0 amide bonds. The SMILES string of the molecule is CC[C@H](CC[C@@H](C)[C@H]1C[C@H](O)[C@H]2[C@@H]3[C@@H](O)C=C4C[C@@H](O)CC[C@]4(C)[C@H]3CC[C@@]21C)C(C)C. The Morgan fingerprint density at radius 2 is 1.75 bits per heavy atom. The van der Waals surface area contributed by atoms with Gasteiger partial charge < -0.3 is 15.3 Å². The first-order chi connectivity index (χ1) is 15.0. The normalized spacial score (nSPS) is 47.9. The van der Waals surface area contributed by atoms with Crippen molar-refractivity contribution in [3.8, 4) is 0 Å². The van der Waals surface area contributed by atoms with E-state index in [4.69, 9.17) is 0 Å². The molecule has 0 aromatic rings. The Labute approximate surface area is 197 Å². The maximum atomic E-state index is 11.4. The number of fused-ring (bicyclic) bond motifs is 5. The summed E-state index contributed by atoms with van der Waals surface area (Å²) in [5.74, 6) is 3.49. The first kappa shape index (κ1) is 24.7. The molecule has 0 aliphatic heterocycles. The second kappa shape index (κ2) is 9.00. The van der Waals surface area contributed by atoms with Crippen molar-refractivity contribution in [3.05, 3.63) is 11.6 Å². The average molecular weight is 447 g/mol. The fourth-order valence-electron chi connectivity index (χ4n) is 9.30. The number of hydrogen-bond donors (Lipinski definition) is 3. The second-order valence-electron chi connectivity index (χ2n) is 13.1. The molecule has 0 heterocycles. The molecule has 0 aromatic carbocycles. The number of hydrogen-bond acceptors (Lipinski definition) is 3. The predicted molar refractivity (Wildman–Crippen MR) is 131 cm³/mol. The van der Waals surface area contributed by atoms with Crippen molar-refractivity contribution in [3.63, 3.8) is 0 Å². The summed E-state index contributed by atoms with van der Waals surface area (Å²) in [5, 5.41) is 33.0. The lowest BCUT2D eigenvalue weighted by Crippen LogP contribution is -2.56. The van der Waals surface area contributed by atoms with Gasteiger partial charge in [-0.15, -0.1) is 0 Å². The van der Waals surface area contributed by atoms with E-state index < -0.39 is 6.10 Å². The molecular formula is C29H50O3. The maximum Gasteiger partial charge on any atom is 0.0758 e. The third-order valence-corrected chi connectivity index (χ3v) is 11.3. The van der Waals surface area contributed by atoms with E-state index in [9.17, 15) is 15.3 Å². The number of aliphatic hydroxyl groups excluding tert-OH is 3. The summed E-state index contributed by atoms with van der Waals surface area (Å²) in [4.78, 5) is 0. The van der Waals surface area contributed by atoms with E-state index in [0.29, 0.717) is 17.8 Å². The lowest BCUT2D eigenvalue weighted by molar-refractivity contribution is -0.118. The lowest BCUT2D eigenvalue weighted by atomic mass is 9.46. The Kier molecular flexibility index (Phi) is 6.96. The minimum absolute atomic E-state index is 0.0828. The summed E-state index contributed by atoms with van der Waals surface area (Å²) in [5.41, 5.74) is 1.49. The molecule has 11 atom stereocenters. The Hall–Kier alpha value is -0.380. The highest BCUT2D eigenvalue weighted by Gasteiger charge is 2.63. The Balaban J connectivity index is 1.56. The molecule has 0 aromatic heterocycles. The Morgan fingerprint density at radius 3 is 2.41 bits per heavy atom. The summed E-state index contributed by atoms with van der Waals surface area (Å²) in [6, 6.07) is 0. The summed E-state index contributed by atoms with van der Waals surface area (Å²) in [6.45, 7) is 14.3. The zero-order valence-electron chi connectivity index (χ0n) is 21.6. The van der Waals surface area contributed by atoms with Crippen molar-refractivity contribution in [2.75, 3.05) is 0 Å². The van der Waals surface area contributed by atoms with E-state index in [1.54, 1.807) is 0 Å². The first-order valence-electron chi connectivity index (χ1n) is 13.8. The van der Waals surface area contributed by atoms with E-state index in [1.165, 1.54) is 31.3 Å². The van der Waals surface area contributed by atoms with Crippen molar-refractivity contribution in [2.24, 2.45) is 52.3 Å². The molecule has 3 saturated carbocycles. The third-order valence-electron chi connectivity index (χ3n) is 11.3. The van der Waals surface area contributed by atoms with Gasteiger partial charge in [-0.1, -0.05) is 66.0 Å². The molecule has 3 N–H and O–H groups in total. The largest absolute Gasteiger partial charge is 0.393 e. The molecule has 0 saturated heterocycles. The van der Waals surface area contributed by atoms with Gasteiger partial charge in [-0.3, -0.25) is 0 Å². The molecule has 3 nitrogen and oxygen atoms in total. The van der Waals surface area contributed by atoms with Crippen molar-refractivity contribution < 1.29 is 15.3 Å². The lowest BCUT2D eigenvalue weighted by Gasteiger charge is -2.59. The van der Waals surface area contributed by atoms with Crippen LogP contribution in [-0.2, 0) is 0 Å². The van der Waals surface area contributed by atoms with Crippen LogP contribution in [0.4, 0.5) is 0 Å². The van der Waals surface area contributed by atoms with Crippen LogP contribution in [0.15, 0.2) is 11.6 Å². The van der Waals surface area contributed by atoms with Crippen LogP contribution in [0, 0.1) is 52.3 Å². The van der Waals surface area contributed by atoms with Crippen LogP contribution in [0.5, 0.6) is 0 Å². The van der Waals surface area contributed by atoms with Gasteiger partial charge in [0.1, 0.15) is 0 Å². The third kappa shape index (κ3) is 3.93. The molecule has 4 aliphatic carbocycles. The molecule has 0 radical (unpaired) electrons. The van der Waals surface area contributed by atoms with Gasteiger partial charge in [0, 0.05) is 0 Å². The molecule has 3 heteroatoms. The van der Waals surface area contributed by atoms with Crippen LogP contribution >= 0.6 is 0 Å². The van der Waals surface area contributed by atoms with E-state index >= 15 is 0 Å². The van der Waals surface area contributed by atoms with Gasteiger partial charge in [-0.2, -0.15) is 0 Å².